The summed E-state index contributed by atoms with van der Waals surface area (Å²) >= 11 is 0. The lowest BCUT2D eigenvalue weighted by Crippen LogP contribution is -2.41. The Morgan fingerprint density at radius 3 is 2.74 bits per heavy atom. The van der Waals surface area contributed by atoms with Crippen LogP contribution in [-0.2, 0) is 14.6 Å². The van der Waals surface area contributed by atoms with Crippen LogP contribution in [0.15, 0.2) is 4.99 Å². The van der Waals surface area contributed by atoms with Gasteiger partial charge in [-0.05, 0) is 32.7 Å². The maximum absolute atomic E-state index is 11.5. The lowest BCUT2D eigenvalue weighted by atomic mass is 10.1. The van der Waals surface area contributed by atoms with E-state index in [-0.39, 0.29) is 11.7 Å². The second kappa shape index (κ2) is 10.8. The fraction of sp³-hybridized carbons (Fsp3) is 0.933. The summed E-state index contributed by atoms with van der Waals surface area (Å²) in [5, 5.41) is 6.51. The molecule has 1 fully saturated rings. The zero-order chi connectivity index (χ0) is 17.1. The summed E-state index contributed by atoms with van der Waals surface area (Å²) in [5.41, 5.74) is 0. The van der Waals surface area contributed by atoms with Crippen molar-refractivity contribution in [1.82, 2.24) is 15.5 Å². The molecule has 23 heavy (non-hydrogen) atoms. The molecule has 2 N–H and O–H groups in total. The second-order valence-corrected chi connectivity index (χ2v) is 8.29. The van der Waals surface area contributed by atoms with E-state index in [1.807, 2.05) is 6.92 Å². The lowest BCUT2D eigenvalue weighted by molar-refractivity contribution is 0.180. The molecule has 1 atom stereocenters. The van der Waals surface area contributed by atoms with Crippen LogP contribution in [0.3, 0.4) is 0 Å². The Morgan fingerprint density at radius 2 is 2.13 bits per heavy atom. The van der Waals surface area contributed by atoms with Gasteiger partial charge in [-0.3, -0.25) is 4.99 Å². The largest absolute Gasteiger partial charge is 0.385 e. The highest BCUT2D eigenvalue weighted by atomic mass is 32.2. The van der Waals surface area contributed by atoms with E-state index in [0.717, 1.165) is 51.6 Å². The van der Waals surface area contributed by atoms with Crippen molar-refractivity contribution in [2.24, 2.45) is 10.9 Å². The molecule has 1 aliphatic heterocycles. The molecule has 136 valence electrons. The first kappa shape index (κ1) is 20.2. The Kier molecular flexibility index (Phi) is 9.50. The van der Waals surface area contributed by atoms with E-state index in [1.165, 1.54) is 0 Å². The average molecular weight is 349 g/mol. The van der Waals surface area contributed by atoms with Crippen LogP contribution < -0.4 is 10.6 Å². The number of guanidine groups is 1. The second-order valence-electron chi connectivity index (χ2n) is 6.07. The molecule has 0 saturated carbocycles. The van der Waals surface area contributed by atoms with Crippen molar-refractivity contribution in [2.75, 3.05) is 65.0 Å². The van der Waals surface area contributed by atoms with E-state index in [9.17, 15) is 8.42 Å². The number of aliphatic imine (C=N–C) groups is 1. The molecule has 1 heterocycles. The monoisotopic (exact) mass is 348 g/mol. The van der Waals surface area contributed by atoms with Gasteiger partial charge in [0.1, 0.15) is 0 Å². The highest BCUT2D eigenvalue weighted by Gasteiger charge is 2.27. The Labute approximate surface area is 140 Å². The Morgan fingerprint density at radius 1 is 1.35 bits per heavy atom. The first-order valence-corrected chi connectivity index (χ1v) is 10.2. The number of sulfone groups is 1. The summed E-state index contributed by atoms with van der Waals surface area (Å²) < 4.78 is 28.0. The highest BCUT2D eigenvalue weighted by Crippen LogP contribution is 2.18. The number of hydrogen-bond acceptors (Lipinski definition) is 5. The van der Waals surface area contributed by atoms with E-state index < -0.39 is 9.84 Å². The van der Waals surface area contributed by atoms with Crippen molar-refractivity contribution in [1.29, 1.82) is 0 Å². The predicted octanol–water partition coefficient (Wildman–Crippen LogP) is -0.0555. The van der Waals surface area contributed by atoms with E-state index in [2.05, 4.69) is 27.6 Å². The number of ether oxygens (including phenoxy) is 1. The number of methoxy groups -OCH3 is 1. The fourth-order valence-corrected chi connectivity index (χ4v) is 4.38. The molecule has 0 amide bonds. The van der Waals surface area contributed by atoms with Crippen molar-refractivity contribution >= 4 is 15.8 Å². The summed E-state index contributed by atoms with van der Waals surface area (Å²) in [7, 11) is 0.985. The third-order valence-corrected chi connectivity index (χ3v) is 5.69. The van der Waals surface area contributed by atoms with Crippen molar-refractivity contribution in [2.45, 2.75) is 19.8 Å². The van der Waals surface area contributed by atoms with Crippen LogP contribution in [0.25, 0.3) is 0 Å². The summed E-state index contributed by atoms with van der Waals surface area (Å²) in [5.74, 6) is 1.51. The summed E-state index contributed by atoms with van der Waals surface area (Å²) in [6.45, 7) is 6.89. The quantitative estimate of drug-likeness (QED) is 0.327. The van der Waals surface area contributed by atoms with E-state index in [0.29, 0.717) is 12.3 Å². The number of nitrogens with one attached hydrogen (secondary N) is 2. The first-order chi connectivity index (χ1) is 11.0. The van der Waals surface area contributed by atoms with Gasteiger partial charge < -0.3 is 20.3 Å². The molecule has 1 unspecified atom stereocenters. The van der Waals surface area contributed by atoms with Gasteiger partial charge in [0, 0.05) is 46.4 Å². The van der Waals surface area contributed by atoms with E-state index in [1.54, 1.807) is 7.11 Å². The van der Waals surface area contributed by atoms with Crippen LogP contribution in [0, 0.1) is 5.92 Å². The Hall–Kier alpha value is -0.860. The van der Waals surface area contributed by atoms with Gasteiger partial charge in [0.25, 0.3) is 0 Å². The number of hydrogen-bond donors (Lipinski definition) is 2. The third kappa shape index (κ3) is 9.12. The maximum atomic E-state index is 11.5. The number of rotatable bonds is 10. The zero-order valence-electron chi connectivity index (χ0n) is 14.7. The predicted molar refractivity (Wildman–Crippen MR) is 94.7 cm³/mol. The highest BCUT2D eigenvalue weighted by molar-refractivity contribution is 7.91. The Balaban J connectivity index is 2.29. The minimum Gasteiger partial charge on any atom is -0.385 e. The number of likely N-dealkylation sites (N-methyl/N-ethyl adjacent to an activating group) is 1. The van der Waals surface area contributed by atoms with Crippen LogP contribution in [-0.4, -0.2) is 84.3 Å². The molecular weight excluding hydrogens is 316 g/mol. The molecule has 0 bridgehead atoms. The van der Waals surface area contributed by atoms with Crippen LogP contribution in [0.1, 0.15) is 19.8 Å². The molecule has 0 aromatic rings. The normalized spacial score (nSPS) is 20.9. The van der Waals surface area contributed by atoms with Gasteiger partial charge in [0.05, 0.1) is 11.5 Å². The third-order valence-electron chi connectivity index (χ3n) is 3.85. The van der Waals surface area contributed by atoms with Gasteiger partial charge in [0.15, 0.2) is 15.8 Å². The van der Waals surface area contributed by atoms with Crippen LogP contribution >= 0.6 is 0 Å². The van der Waals surface area contributed by atoms with Gasteiger partial charge in [-0.15, -0.1) is 0 Å². The minimum absolute atomic E-state index is 0.159. The first-order valence-electron chi connectivity index (χ1n) is 8.37. The minimum atomic E-state index is -2.82. The molecule has 8 heteroatoms. The van der Waals surface area contributed by atoms with Gasteiger partial charge in [-0.25, -0.2) is 8.42 Å². The molecule has 0 spiro atoms. The molecule has 7 nitrogen and oxygen atoms in total. The van der Waals surface area contributed by atoms with Crippen molar-refractivity contribution in [3.05, 3.63) is 0 Å². The molecule has 1 saturated heterocycles. The van der Waals surface area contributed by atoms with Crippen LogP contribution in [0.5, 0.6) is 0 Å². The van der Waals surface area contributed by atoms with Crippen LogP contribution in [0.2, 0.25) is 0 Å². The molecule has 0 radical (unpaired) electrons. The molecular formula is C15H32N4O3S. The van der Waals surface area contributed by atoms with Crippen molar-refractivity contribution in [3.8, 4) is 0 Å². The summed E-state index contributed by atoms with van der Waals surface area (Å²) in [6.07, 6.45) is 1.75. The lowest BCUT2D eigenvalue weighted by Gasteiger charge is -2.18. The smallest absolute Gasteiger partial charge is 0.191 e. The number of nitrogens with zero attached hydrogens (tertiary/aromatic N) is 2. The topological polar surface area (TPSA) is 83.0 Å². The fourth-order valence-electron chi connectivity index (χ4n) is 2.53. The van der Waals surface area contributed by atoms with Crippen LogP contribution in [0.4, 0.5) is 0 Å². The van der Waals surface area contributed by atoms with Gasteiger partial charge in [-0.1, -0.05) is 0 Å². The van der Waals surface area contributed by atoms with Crippen molar-refractivity contribution < 1.29 is 13.2 Å². The van der Waals surface area contributed by atoms with Gasteiger partial charge in [-0.2, -0.15) is 0 Å². The summed E-state index contributed by atoms with van der Waals surface area (Å²) in [4.78, 5) is 6.77. The van der Waals surface area contributed by atoms with Gasteiger partial charge in [0.2, 0.25) is 0 Å². The molecule has 1 aliphatic rings. The molecule has 0 aromatic carbocycles. The summed E-state index contributed by atoms with van der Waals surface area (Å²) in [6, 6.07) is 0. The standard InChI is InChI=1S/C15H32N4O3S/c1-4-16-15(17-7-9-19(2)8-5-10-22-3)18-12-14-6-11-23(20,21)13-14/h14H,4-13H2,1-3H3,(H2,16,17,18). The maximum Gasteiger partial charge on any atom is 0.191 e. The average Bonchev–Trinajstić information content (AvgIpc) is 2.84. The zero-order valence-corrected chi connectivity index (χ0v) is 15.5. The molecule has 0 aromatic heterocycles. The SMILES string of the molecule is CCNC(=NCC1CCS(=O)(=O)C1)NCCN(C)CCCOC. The van der Waals surface area contributed by atoms with E-state index >= 15 is 0 Å². The Bertz CT molecular complexity index is 454. The van der Waals surface area contributed by atoms with E-state index in [4.69, 9.17) is 4.74 Å². The molecule has 1 rings (SSSR count). The van der Waals surface area contributed by atoms with Crippen molar-refractivity contribution in [3.63, 3.8) is 0 Å². The molecule has 0 aliphatic carbocycles. The van der Waals surface area contributed by atoms with Gasteiger partial charge >= 0.3 is 0 Å².